The third-order valence-corrected chi connectivity index (χ3v) is 9.07. The minimum atomic E-state index is -0.181. The molecule has 1 saturated heterocycles. The second kappa shape index (κ2) is 6.36. The molecule has 1 radical (unpaired) electrons. The van der Waals surface area contributed by atoms with Crippen LogP contribution in [0, 0.1) is 24.7 Å². The molecule has 4 heteroatoms. The average Bonchev–Trinajstić information content (AvgIpc) is 2.64. The molecule has 3 nitrogen and oxygen atoms in total. The predicted molar refractivity (Wildman–Crippen MR) is 115 cm³/mol. The van der Waals surface area contributed by atoms with Crippen LogP contribution in [0.25, 0.3) is 0 Å². The highest BCUT2D eigenvalue weighted by Crippen LogP contribution is 2.69. The molecule has 2 fully saturated rings. The predicted octanol–water partition coefficient (Wildman–Crippen LogP) is 4.89. The number of carbonyl (C=O) groups excluding carboxylic acids is 1. The third kappa shape index (κ3) is 2.30. The zero-order chi connectivity index (χ0) is 20.5. The Morgan fingerprint density at radius 2 is 1.93 bits per heavy atom. The monoisotopic (exact) mass is 380 g/mol. The van der Waals surface area contributed by atoms with Gasteiger partial charge in [-0.15, -0.1) is 0 Å². The van der Waals surface area contributed by atoms with Crippen molar-refractivity contribution < 1.29 is 9.53 Å². The van der Waals surface area contributed by atoms with Crippen molar-refractivity contribution in [3.05, 3.63) is 34.4 Å². The van der Waals surface area contributed by atoms with Crippen molar-refractivity contribution in [1.29, 1.82) is 0 Å². The van der Waals surface area contributed by atoms with E-state index in [2.05, 4.69) is 58.7 Å². The fraction of sp³-hybridized carbons (Fsp3) is 0.708. The zero-order valence-corrected chi connectivity index (χ0v) is 18.7. The first kappa shape index (κ1) is 20.0. The summed E-state index contributed by atoms with van der Waals surface area (Å²) >= 11 is 0. The van der Waals surface area contributed by atoms with Crippen LogP contribution in [0.1, 0.15) is 62.3 Å². The van der Waals surface area contributed by atoms with E-state index in [1.54, 1.807) is 19.7 Å². The molecule has 2 bridgehead atoms. The second-order valence-electron chi connectivity index (χ2n) is 10.3. The maximum atomic E-state index is 12.2. The number of hydrogen-bond donors (Lipinski definition) is 0. The summed E-state index contributed by atoms with van der Waals surface area (Å²) in [5.74, 6) is -0.181. The number of carbonyl (C=O) groups is 1. The Kier molecular flexibility index (Phi) is 4.54. The summed E-state index contributed by atoms with van der Waals surface area (Å²) in [6.07, 6.45) is 4.29. The summed E-state index contributed by atoms with van der Waals surface area (Å²) in [4.78, 5) is 14.8. The first-order valence-corrected chi connectivity index (χ1v) is 10.9. The van der Waals surface area contributed by atoms with Crippen LogP contribution in [0.15, 0.2) is 12.1 Å². The second-order valence-corrected chi connectivity index (χ2v) is 10.3. The van der Waals surface area contributed by atoms with E-state index in [1.807, 2.05) is 0 Å². The van der Waals surface area contributed by atoms with E-state index < -0.39 is 0 Å². The first-order valence-electron chi connectivity index (χ1n) is 10.9. The molecular weight excluding hydrogens is 345 g/mol. The number of likely N-dealkylation sites (tertiary alicyclic amines) is 1. The molecule has 1 aliphatic heterocycles. The average molecular weight is 380 g/mol. The maximum absolute atomic E-state index is 12.2. The van der Waals surface area contributed by atoms with Gasteiger partial charge in [-0.3, -0.25) is 4.79 Å². The lowest BCUT2D eigenvalue weighted by Gasteiger charge is -2.71. The summed E-state index contributed by atoms with van der Waals surface area (Å²) in [6.45, 7) is 14.7. The quantitative estimate of drug-likeness (QED) is 0.685. The van der Waals surface area contributed by atoms with E-state index in [0.29, 0.717) is 6.04 Å². The minimum absolute atomic E-state index is 0.0256. The topological polar surface area (TPSA) is 29.5 Å². The lowest BCUT2D eigenvalue weighted by molar-refractivity contribution is -0.177. The molecule has 4 atom stereocenters. The van der Waals surface area contributed by atoms with E-state index in [4.69, 9.17) is 4.74 Å². The van der Waals surface area contributed by atoms with Crippen LogP contribution in [-0.4, -0.2) is 43.8 Å². The van der Waals surface area contributed by atoms with Crippen LogP contribution in [0.3, 0.4) is 0 Å². The van der Waals surface area contributed by atoms with Crippen LogP contribution in [0.5, 0.6) is 0 Å². The minimum Gasteiger partial charge on any atom is -0.470 e. The zero-order valence-electron chi connectivity index (χ0n) is 18.7. The van der Waals surface area contributed by atoms with Gasteiger partial charge < -0.3 is 9.64 Å². The lowest BCUT2D eigenvalue weighted by atomic mass is 9.36. The molecule has 1 aromatic carbocycles. The van der Waals surface area contributed by atoms with Gasteiger partial charge in [0.2, 0.25) is 5.87 Å². The molecule has 0 spiro atoms. The highest BCUT2D eigenvalue weighted by molar-refractivity contribution is 6.70. The Hall–Kier alpha value is -1.29. The van der Waals surface area contributed by atoms with Crippen LogP contribution < -0.4 is 0 Å². The molecule has 28 heavy (non-hydrogen) atoms. The number of rotatable bonds is 2. The molecular formula is C24H35BNO2. The molecule has 0 N–H and O–H groups in total. The number of benzene rings is 1. The van der Waals surface area contributed by atoms with Gasteiger partial charge in [-0.05, 0) is 80.8 Å². The highest BCUT2D eigenvalue weighted by Gasteiger charge is 2.70. The van der Waals surface area contributed by atoms with Crippen molar-refractivity contribution in [3.63, 3.8) is 0 Å². The summed E-state index contributed by atoms with van der Waals surface area (Å²) in [6, 6.07) is 5.21. The van der Waals surface area contributed by atoms with Gasteiger partial charge in [-0.2, -0.15) is 0 Å². The van der Waals surface area contributed by atoms with Crippen molar-refractivity contribution in [1.82, 2.24) is 4.90 Å². The molecule has 1 heterocycles. The van der Waals surface area contributed by atoms with Crippen molar-refractivity contribution >= 4 is 13.1 Å². The van der Waals surface area contributed by atoms with Gasteiger partial charge in [-0.25, -0.2) is 0 Å². The van der Waals surface area contributed by atoms with Crippen LogP contribution in [0.2, 0.25) is 6.82 Å². The van der Waals surface area contributed by atoms with E-state index in [9.17, 15) is 4.79 Å². The van der Waals surface area contributed by atoms with E-state index in [1.165, 1.54) is 16.7 Å². The van der Waals surface area contributed by atoms with Gasteiger partial charge in [0.05, 0.1) is 0 Å². The largest absolute Gasteiger partial charge is 0.470 e. The van der Waals surface area contributed by atoms with E-state index >= 15 is 0 Å². The fourth-order valence-corrected chi connectivity index (χ4v) is 7.43. The Labute approximate surface area is 171 Å². The maximum Gasteiger partial charge on any atom is 0.257 e. The number of hydrogen-bond acceptors (Lipinski definition) is 3. The number of ether oxygens (including phenoxy) is 1. The molecule has 0 amide bonds. The van der Waals surface area contributed by atoms with Gasteiger partial charge in [0.1, 0.15) is 6.10 Å². The van der Waals surface area contributed by atoms with Gasteiger partial charge in [0.15, 0.2) is 0 Å². The number of nitrogens with zero attached hydrogens (tertiary/aromatic N) is 1. The van der Waals surface area contributed by atoms with Crippen molar-refractivity contribution in [2.75, 3.05) is 13.6 Å². The molecule has 2 aliphatic carbocycles. The molecule has 0 aromatic heterocycles. The Morgan fingerprint density at radius 1 is 1.21 bits per heavy atom. The molecule has 2 unspecified atom stereocenters. The van der Waals surface area contributed by atoms with Gasteiger partial charge >= 0.3 is 0 Å². The molecule has 1 saturated carbocycles. The standard InChI is InChI=1S/C24H35BNO2/c1-15-8-9-17-14-18-23(5)11-10-19(28-21(27)25-6)22(3,4)24(23,12-13-26(18)7)20(17)16(15)2/h8-9,18-19H,10-14H2,1-7H3/t18-,19?,23?,24-/m0/s1. The van der Waals surface area contributed by atoms with Crippen LogP contribution in [-0.2, 0) is 16.6 Å². The lowest BCUT2D eigenvalue weighted by Crippen LogP contribution is -2.73. The van der Waals surface area contributed by atoms with Gasteiger partial charge in [0, 0.05) is 16.9 Å². The van der Waals surface area contributed by atoms with E-state index in [0.717, 1.165) is 32.2 Å². The SMILES string of the molecule is C[B]C(=O)OC1CCC2(C)[C@@H]3Cc4ccc(C)c(C)c4[C@@]2(CCN3C)C1(C)C. The van der Waals surface area contributed by atoms with E-state index in [-0.39, 0.29) is 28.2 Å². The van der Waals surface area contributed by atoms with Crippen LogP contribution >= 0.6 is 0 Å². The molecule has 3 aliphatic rings. The third-order valence-electron chi connectivity index (χ3n) is 9.07. The van der Waals surface area contributed by atoms with Crippen molar-refractivity contribution in [2.45, 2.75) is 84.7 Å². The van der Waals surface area contributed by atoms with Crippen molar-refractivity contribution in [3.8, 4) is 0 Å². The summed E-state index contributed by atoms with van der Waals surface area (Å²) < 4.78 is 6.04. The fourth-order valence-electron chi connectivity index (χ4n) is 7.43. The van der Waals surface area contributed by atoms with Gasteiger partial charge in [0.25, 0.3) is 7.28 Å². The summed E-state index contributed by atoms with van der Waals surface area (Å²) in [5, 5.41) is 0. The summed E-state index contributed by atoms with van der Waals surface area (Å²) in [7, 11) is 3.86. The number of fused-ring (bicyclic) bond motifs is 1. The Morgan fingerprint density at radius 3 is 2.61 bits per heavy atom. The van der Waals surface area contributed by atoms with Gasteiger partial charge in [-0.1, -0.05) is 39.7 Å². The molecule has 4 rings (SSSR count). The number of piperidine rings is 1. The Balaban J connectivity index is 1.98. The molecule has 151 valence electrons. The Bertz CT molecular complexity index is 819. The summed E-state index contributed by atoms with van der Waals surface area (Å²) in [5.41, 5.74) is 6.01. The van der Waals surface area contributed by atoms with Crippen molar-refractivity contribution in [2.24, 2.45) is 10.8 Å². The molecule has 1 aromatic rings. The normalized spacial score (nSPS) is 36.2. The highest BCUT2D eigenvalue weighted by atomic mass is 16.5. The smallest absolute Gasteiger partial charge is 0.257 e. The number of likely N-dealkylation sites (N-methyl/N-ethyl adjacent to an activating group) is 1. The first-order chi connectivity index (χ1) is 13.1. The van der Waals surface area contributed by atoms with Crippen LogP contribution in [0.4, 0.5) is 4.79 Å². The number of aryl methyl sites for hydroxylation is 1.